The van der Waals surface area contributed by atoms with Crippen molar-refractivity contribution in [3.05, 3.63) is 59.7 Å². The van der Waals surface area contributed by atoms with Crippen molar-refractivity contribution in [3.63, 3.8) is 0 Å². The first kappa shape index (κ1) is 17.0. The lowest BCUT2D eigenvalue weighted by Gasteiger charge is -2.16. The fraction of sp³-hybridized carbons (Fsp3) is 0.222. The van der Waals surface area contributed by atoms with Crippen LogP contribution in [0.3, 0.4) is 0 Å². The molecule has 0 atom stereocenters. The van der Waals surface area contributed by atoms with Crippen LogP contribution in [0.4, 0.5) is 5.69 Å². The second-order valence-corrected chi connectivity index (χ2v) is 5.85. The molecule has 5 heteroatoms. The number of rotatable bonds is 4. The maximum Gasteiger partial charge on any atom is 0.257 e. The van der Waals surface area contributed by atoms with Gasteiger partial charge < -0.3 is 10.1 Å². The molecule has 0 aliphatic rings. The lowest BCUT2D eigenvalue weighted by molar-refractivity contribution is 0.0977. The monoisotopic (exact) mass is 328 g/mol. The zero-order chi connectivity index (χ0) is 16.8. The molecular weight excluding hydrogens is 308 g/mol. The highest BCUT2D eigenvalue weighted by Gasteiger charge is 2.10. The van der Waals surface area contributed by atoms with Gasteiger partial charge in [-0.25, -0.2) is 0 Å². The molecule has 0 aromatic heterocycles. The number of nitrogens with one attached hydrogen (secondary N) is 2. The van der Waals surface area contributed by atoms with E-state index in [-0.39, 0.29) is 17.1 Å². The molecule has 0 radical (unpaired) electrons. The molecule has 4 nitrogen and oxygen atoms in total. The third kappa shape index (κ3) is 5.07. The van der Waals surface area contributed by atoms with Crippen LogP contribution in [0, 0.1) is 6.92 Å². The Kier molecular flexibility index (Phi) is 5.71. The van der Waals surface area contributed by atoms with E-state index in [1.165, 1.54) is 0 Å². The summed E-state index contributed by atoms with van der Waals surface area (Å²) in [6, 6.07) is 14.8. The maximum atomic E-state index is 12.2. The molecule has 0 fully saturated rings. The van der Waals surface area contributed by atoms with Gasteiger partial charge in [-0.05, 0) is 57.3 Å². The minimum Gasteiger partial charge on any atom is -0.489 e. The molecular formula is C18H20N2O2S. The third-order valence-electron chi connectivity index (χ3n) is 3.01. The van der Waals surface area contributed by atoms with Crippen molar-refractivity contribution in [1.29, 1.82) is 0 Å². The number of hydrogen-bond acceptors (Lipinski definition) is 3. The molecule has 0 bridgehead atoms. The first-order valence-corrected chi connectivity index (χ1v) is 7.81. The Bertz CT molecular complexity index is 714. The smallest absolute Gasteiger partial charge is 0.257 e. The van der Waals surface area contributed by atoms with E-state index in [0.717, 1.165) is 11.3 Å². The molecule has 2 aromatic carbocycles. The first-order valence-electron chi connectivity index (χ1n) is 7.40. The molecule has 0 heterocycles. The molecule has 2 rings (SSSR count). The molecule has 0 aliphatic carbocycles. The van der Waals surface area contributed by atoms with E-state index in [9.17, 15) is 4.79 Å². The summed E-state index contributed by atoms with van der Waals surface area (Å²) in [6.45, 7) is 5.84. The third-order valence-corrected chi connectivity index (χ3v) is 3.21. The Morgan fingerprint density at radius 1 is 1.13 bits per heavy atom. The zero-order valence-electron chi connectivity index (χ0n) is 13.4. The maximum absolute atomic E-state index is 12.2. The Labute approximate surface area is 141 Å². The van der Waals surface area contributed by atoms with Gasteiger partial charge in [-0.1, -0.05) is 29.8 Å². The number of amides is 1. The average molecular weight is 328 g/mol. The summed E-state index contributed by atoms with van der Waals surface area (Å²) < 4.78 is 5.72. The summed E-state index contributed by atoms with van der Waals surface area (Å²) in [5.74, 6) is 0.447. The lowest BCUT2D eigenvalue weighted by Crippen LogP contribution is -2.34. The summed E-state index contributed by atoms with van der Waals surface area (Å²) >= 11 is 5.22. The number of hydrogen-bond donors (Lipinski definition) is 2. The Morgan fingerprint density at radius 3 is 2.57 bits per heavy atom. The van der Waals surface area contributed by atoms with Crippen molar-refractivity contribution in [1.82, 2.24) is 5.32 Å². The van der Waals surface area contributed by atoms with Gasteiger partial charge >= 0.3 is 0 Å². The van der Waals surface area contributed by atoms with E-state index in [4.69, 9.17) is 17.0 Å². The fourth-order valence-electron chi connectivity index (χ4n) is 2.04. The van der Waals surface area contributed by atoms with E-state index in [1.807, 2.05) is 63.2 Å². The van der Waals surface area contributed by atoms with Crippen LogP contribution in [0.2, 0.25) is 0 Å². The summed E-state index contributed by atoms with van der Waals surface area (Å²) in [5, 5.41) is 5.92. The summed E-state index contributed by atoms with van der Waals surface area (Å²) in [4.78, 5) is 12.2. The average Bonchev–Trinajstić information content (AvgIpc) is 2.48. The van der Waals surface area contributed by atoms with Crippen LogP contribution in [-0.4, -0.2) is 17.1 Å². The molecule has 0 aliphatic heterocycles. The van der Waals surface area contributed by atoms with Crippen molar-refractivity contribution in [2.75, 3.05) is 5.32 Å². The molecule has 0 spiro atoms. The number of benzene rings is 2. The van der Waals surface area contributed by atoms with Crippen LogP contribution in [0.25, 0.3) is 0 Å². The van der Waals surface area contributed by atoms with Crippen molar-refractivity contribution >= 4 is 28.9 Å². The fourth-order valence-corrected chi connectivity index (χ4v) is 2.24. The van der Waals surface area contributed by atoms with Gasteiger partial charge in [0.05, 0.1) is 11.8 Å². The van der Waals surface area contributed by atoms with Gasteiger partial charge in [-0.2, -0.15) is 0 Å². The van der Waals surface area contributed by atoms with Crippen molar-refractivity contribution in [2.45, 2.75) is 26.9 Å². The number of ether oxygens (including phenoxy) is 1. The predicted octanol–water partition coefficient (Wildman–Crippen LogP) is 3.91. The van der Waals surface area contributed by atoms with Crippen molar-refractivity contribution in [3.8, 4) is 5.75 Å². The highest BCUT2D eigenvalue weighted by Crippen LogP contribution is 2.24. The Morgan fingerprint density at radius 2 is 1.87 bits per heavy atom. The number of carbonyl (C=O) groups is 1. The number of aryl methyl sites for hydroxylation is 1. The lowest BCUT2D eigenvalue weighted by atomic mass is 10.1. The van der Waals surface area contributed by atoms with Crippen LogP contribution in [0.1, 0.15) is 29.8 Å². The Hall–Kier alpha value is -2.40. The van der Waals surface area contributed by atoms with Gasteiger partial charge in [-0.3, -0.25) is 10.1 Å². The van der Waals surface area contributed by atoms with Gasteiger partial charge in [0.2, 0.25) is 0 Å². The predicted molar refractivity (Wildman–Crippen MR) is 97.1 cm³/mol. The van der Waals surface area contributed by atoms with Crippen LogP contribution < -0.4 is 15.4 Å². The number of carbonyl (C=O) groups excluding carboxylic acids is 1. The van der Waals surface area contributed by atoms with Gasteiger partial charge in [0, 0.05) is 5.56 Å². The second kappa shape index (κ2) is 7.74. The van der Waals surface area contributed by atoms with Crippen LogP contribution in [0.15, 0.2) is 48.5 Å². The first-order chi connectivity index (χ1) is 11.0. The molecule has 120 valence electrons. The van der Waals surface area contributed by atoms with Crippen LogP contribution in [-0.2, 0) is 0 Å². The standard InChI is InChI=1S/C18H20N2O2S/c1-12(2)22-16-10-5-4-9-15(16)19-18(23)20-17(21)14-8-6-7-13(3)11-14/h4-12H,1-3H3,(H2,19,20,21,23). The van der Waals surface area contributed by atoms with E-state index in [2.05, 4.69) is 10.6 Å². The summed E-state index contributed by atoms with van der Waals surface area (Å²) in [7, 11) is 0. The molecule has 0 saturated carbocycles. The molecule has 0 saturated heterocycles. The van der Waals surface area contributed by atoms with Gasteiger partial charge in [0.1, 0.15) is 5.75 Å². The molecule has 2 aromatic rings. The van der Waals surface area contributed by atoms with Crippen molar-refractivity contribution < 1.29 is 9.53 Å². The SMILES string of the molecule is Cc1cccc(C(=O)NC(=S)Nc2ccccc2OC(C)C)c1. The number of thiocarbonyl (C=S) groups is 1. The minimum atomic E-state index is -0.242. The number of para-hydroxylation sites is 2. The van der Waals surface area contributed by atoms with Crippen LogP contribution in [0.5, 0.6) is 5.75 Å². The largest absolute Gasteiger partial charge is 0.489 e. The second-order valence-electron chi connectivity index (χ2n) is 5.44. The van der Waals surface area contributed by atoms with E-state index >= 15 is 0 Å². The van der Waals surface area contributed by atoms with Crippen molar-refractivity contribution in [2.24, 2.45) is 0 Å². The normalized spacial score (nSPS) is 10.3. The quantitative estimate of drug-likeness (QED) is 0.836. The van der Waals surface area contributed by atoms with Crippen LogP contribution >= 0.6 is 12.2 Å². The van der Waals surface area contributed by atoms with E-state index in [1.54, 1.807) is 6.07 Å². The highest BCUT2D eigenvalue weighted by atomic mass is 32.1. The molecule has 2 N–H and O–H groups in total. The van der Waals surface area contributed by atoms with E-state index < -0.39 is 0 Å². The Balaban J connectivity index is 2.04. The topological polar surface area (TPSA) is 50.4 Å². The van der Waals surface area contributed by atoms with Gasteiger partial charge in [0.15, 0.2) is 5.11 Å². The molecule has 1 amide bonds. The zero-order valence-corrected chi connectivity index (χ0v) is 14.2. The van der Waals surface area contributed by atoms with Gasteiger partial charge in [0.25, 0.3) is 5.91 Å². The summed E-state index contributed by atoms with van der Waals surface area (Å²) in [5.41, 5.74) is 2.31. The molecule has 0 unspecified atom stereocenters. The highest BCUT2D eigenvalue weighted by molar-refractivity contribution is 7.80. The van der Waals surface area contributed by atoms with E-state index in [0.29, 0.717) is 11.3 Å². The summed E-state index contributed by atoms with van der Waals surface area (Å²) in [6.07, 6.45) is 0.0495. The number of anilines is 1. The molecule has 23 heavy (non-hydrogen) atoms. The minimum absolute atomic E-state index is 0.0495. The van der Waals surface area contributed by atoms with Gasteiger partial charge in [-0.15, -0.1) is 0 Å².